The summed E-state index contributed by atoms with van der Waals surface area (Å²) in [5.41, 5.74) is 15.0. The van der Waals surface area contributed by atoms with Crippen LogP contribution in [0, 0.1) is 0 Å². The van der Waals surface area contributed by atoms with Crippen molar-refractivity contribution in [3.8, 4) is 39.1 Å². The Hall–Kier alpha value is -7.20. The number of thiophene rings is 1. The molecule has 0 saturated heterocycles. The maximum Gasteiger partial charge on any atom is 0.0637 e. The Bertz CT molecular complexity index is 3430. The van der Waals surface area contributed by atoms with E-state index in [1.807, 2.05) is 11.3 Å². The van der Waals surface area contributed by atoms with Gasteiger partial charge in [0, 0.05) is 64.8 Å². The van der Waals surface area contributed by atoms with Gasteiger partial charge in [0.05, 0.1) is 5.52 Å². The minimum atomic E-state index is 1.04. The summed E-state index contributed by atoms with van der Waals surface area (Å²) in [7, 11) is 0. The van der Waals surface area contributed by atoms with Crippen molar-refractivity contribution in [3.05, 3.63) is 209 Å². The Balaban J connectivity index is 1.07. The second-order valence-electron chi connectivity index (χ2n) is 16.2. The molecule has 0 fully saturated rings. The zero-order valence-corrected chi connectivity index (χ0v) is 34.6. The van der Waals surface area contributed by atoms with Crippen LogP contribution in [0.4, 0.5) is 17.1 Å². The molecule has 0 atom stereocenters. The molecule has 0 N–H and O–H groups in total. The minimum Gasteiger partial charge on any atom is -0.311 e. The number of fused-ring (bicyclic) bond motifs is 8. The topological polar surface area (TPSA) is 8.17 Å². The third-order valence-corrected chi connectivity index (χ3v) is 13.9. The lowest BCUT2D eigenvalue weighted by Crippen LogP contribution is -2.30. The van der Waals surface area contributed by atoms with E-state index in [4.69, 9.17) is 0 Å². The Morgan fingerprint density at radius 2 is 1.08 bits per heavy atom. The van der Waals surface area contributed by atoms with Gasteiger partial charge in [-0.05, 0) is 125 Å². The molecule has 2 heterocycles. The number of aromatic nitrogens is 1. The zero-order chi connectivity index (χ0) is 40.3. The fraction of sp³-hybridized carbons (Fsp3) is 0.0690. The predicted molar refractivity (Wildman–Crippen MR) is 262 cm³/mol. The standard InChI is InChI=1S/C58H42N2S/c1-4-17-41(18-5-1)53-54(58-56(50-25-13-15-27-52(50)61-58)57-55(53)49-24-12-14-26-51(49)60(57)46-22-8-3-9-23-46)42-32-36-48(37-33-42)59(45-20-6-2-7-21-45)47-34-30-40(31-35-47)44-29-28-39-16-10-11-19-43(39)38-44/h1-11,15-24,26-38H,12-14,25H2. The summed E-state index contributed by atoms with van der Waals surface area (Å²) in [6, 6.07) is 66.6. The molecule has 290 valence electrons. The summed E-state index contributed by atoms with van der Waals surface area (Å²) in [5, 5.41) is 7.96. The number of rotatable bonds is 7. The molecule has 0 unspecified atom stereocenters. The molecule has 10 aromatic rings. The first-order chi connectivity index (χ1) is 30.3. The quantitative estimate of drug-likeness (QED) is 0.156. The van der Waals surface area contributed by atoms with Gasteiger partial charge in [-0.2, -0.15) is 0 Å². The first-order valence-electron chi connectivity index (χ1n) is 21.5. The number of allylic oxidation sites excluding steroid dienone is 1. The summed E-state index contributed by atoms with van der Waals surface area (Å²) >= 11 is 1.97. The lowest BCUT2D eigenvalue weighted by atomic mass is 9.87. The van der Waals surface area contributed by atoms with Crippen LogP contribution in [-0.2, 0) is 6.42 Å². The number of benzene rings is 8. The third kappa shape index (κ3) is 5.99. The molecule has 0 bridgehead atoms. The number of nitrogens with zero attached hydrogens (tertiary/aromatic N) is 2. The SMILES string of the molecule is C1=Cc2sc3c(-c4ccc(N(c5ccccc5)c5ccc(-c6ccc7ccccc7c6)cc5)cc4)c(-c4ccccc4)c4c5c(n(-c6ccccc6)c4c3c2CC1)=CCCC=5. The normalized spacial score (nSPS) is 13.2. The highest BCUT2D eigenvalue weighted by Gasteiger charge is 2.28. The maximum absolute atomic E-state index is 2.58. The Morgan fingerprint density at radius 3 is 1.84 bits per heavy atom. The third-order valence-electron chi connectivity index (χ3n) is 12.6. The van der Waals surface area contributed by atoms with Crippen molar-refractivity contribution in [2.45, 2.75) is 25.7 Å². The average Bonchev–Trinajstić information content (AvgIpc) is 3.89. The highest BCUT2D eigenvalue weighted by molar-refractivity contribution is 7.21. The van der Waals surface area contributed by atoms with Gasteiger partial charge in [-0.1, -0.05) is 146 Å². The van der Waals surface area contributed by atoms with Crippen molar-refractivity contribution in [1.29, 1.82) is 0 Å². The fourth-order valence-electron chi connectivity index (χ4n) is 9.89. The molecule has 3 heteroatoms. The van der Waals surface area contributed by atoms with E-state index in [0.29, 0.717) is 0 Å². The maximum atomic E-state index is 2.58. The van der Waals surface area contributed by atoms with E-state index in [1.54, 1.807) is 0 Å². The van der Waals surface area contributed by atoms with Crippen LogP contribution in [0.2, 0.25) is 0 Å². The largest absolute Gasteiger partial charge is 0.311 e. The van der Waals surface area contributed by atoms with Crippen LogP contribution in [0.5, 0.6) is 0 Å². The van der Waals surface area contributed by atoms with Gasteiger partial charge in [-0.15, -0.1) is 11.3 Å². The monoisotopic (exact) mass is 798 g/mol. The number of aryl methyl sites for hydroxylation is 1. The van der Waals surface area contributed by atoms with E-state index >= 15 is 0 Å². The predicted octanol–water partition coefficient (Wildman–Crippen LogP) is 14.8. The number of para-hydroxylation sites is 2. The molecule has 2 aromatic heterocycles. The highest BCUT2D eigenvalue weighted by atomic mass is 32.1. The van der Waals surface area contributed by atoms with E-state index < -0.39 is 0 Å². The molecular formula is C58H42N2S. The molecule has 0 aliphatic heterocycles. The Kier molecular flexibility index (Phi) is 8.67. The Morgan fingerprint density at radius 1 is 0.475 bits per heavy atom. The van der Waals surface area contributed by atoms with Crippen molar-refractivity contribution < 1.29 is 0 Å². The van der Waals surface area contributed by atoms with Crippen molar-refractivity contribution in [1.82, 2.24) is 4.57 Å². The van der Waals surface area contributed by atoms with Gasteiger partial charge in [-0.25, -0.2) is 0 Å². The number of hydrogen-bond acceptors (Lipinski definition) is 2. The number of anilines is 3. The first kappa shape index (κ1) is 35.7. The average molecular weight is 799 g/mol. The van der Waals surface area contributed by atoms with E-state index in [1.165, 1.54) is 91.8 Å². The van der Waals surface area contributed by atoms with E-state index in [-0.39, 0.29) is 0 Å². The van der Waals surface area contributed by atoms with Gasteiger partial charge < -0.3 is 9.47 Å². The summed E-state index contributed by atoms with van der Waals surface area (Å²) in [4.78, 5) is 3.76. The molecule has 12 rings (SSSR count). The fourth-order valence-corrected chi connectivity index (χ4v) is 11.2. The van der Waals surface area contributed by atoms with Crippen LogP contribution in [-0.4, -0.2) is 4.57 Å². The first-order valence-corrected chi connectivity index (χ1v) is 22.3. The second-order valence-corrected chi connectivity index (χ2v) is 17.3. The van der Waals surface area contributed by atoms with Crippen molar-refractivity contribution in [2.75, 3.05) is 4.90 Å². The van der Waals surface area contributed by atoms with Crippen molar-refractivity contribution in [3.63, 3.8) is 0 Å². The van der Waals surface area contributed by atoms with Crippen LogP contribution >= 0.6 is 11.3 Å². The summed E-state index contributed by atoms with van der Waals surface area (Å²) in [5.74, 6) is 0. The molecule has 2 nitrogen and oxygen atoms in total. The molecule has 61 heavy (non-hydrogen) atoms. The van der Waals surface area contributed by atoms with E-state index in [2.05, 4.69) is 216 Å². The van der Waals surface area contributed by atoms with Crippen LogP contribution in [0.1, 0.15) is 29.7 Å². The van der Waals surface area contributed by atoms with Crippen LogP contribution in [0.15, 0.2) is 188 Å². The lowest BCUT2D eigenvalue weighted by Gasteiger charge is -2.26. The molecule has 0 amide bonds. The lowest BCUT2D eigenvalue weighted by molar-refractivity contribution is 1.00. The molecule has 2 aliphatic rings. The van der Waals surface area contributed by atoms with E-state index in [9.17, 15) is 0 Å². The van der Waals surface area contributed by atoms with Crippen LogP contribution in [0.3, 0.4) is 0 Å². The van der Waals surface area contributed by atoms with Gasteiger partial charge in [0.1, 0.15) is 0 Å². The summed E-state index contributed by atoms with van der Waals surface area (Å²) < 4.78 is 3.95. The van der Waals surface area contributed by atoms with E-state index in [0.717, 1.165) is 42.7 Å². The van der Waals surface area contributed by atoms with Crippen molar-refractivity contribution >= 4 is 78.4 Å². The van der Waals surface area contributed by atoms with Crippen LogP contribution in [0.25, 0.3) is 89.1 Å². The van der Waals surface area contributed by atoms with Crippen molar-refractivity contribution in [2.24, 2.45) is 0 Å². The molecule has 8 aromatic carbocycles. The molecule has 0 radical (unpaired) electrons. The smallest absolute Gasteiger partial charge is 0.0637 e. The second kappa shape index (κ2) is 14.8. The van der Waals surface area contributed by atoms with Gasteiger partial charge in [0.25, 0.3) is 0 Å². The van der Waals surface area contributed by atoms with Gasteiger partial charge in [-0.3, -0.25) is 0 Å². The summed E-state index contributed by atoms with van der Waals surface area (Å²) in [6.45, 7) is 0. The van der Waals surface area contributed by atoms with Gasteiger partial charge in [0.2, 0.25) is 0 Å². The minimum absolute atomic E-state index is 1.04. The van der Waals surface area contributed by atoms with Gasteiger partial charge >= 0.3 is 0 Å². The molecule has 2 aliphatic carbocycles. The summed E-state index contributed by atoms with van der Waals surface area (Å²) in [6.07, 6.45) is 13.9. The van der Waals surface area contributed by atoms with Gasteiger partial charge in [0.15, 0.2) is 0 Å². The highest BCUT2D eigenvalue weighted by Crippen LogP contribution is 2.50. The Labute approximate surface area is 359 Å². The van der Waals surface area contributed by atoms with Crippen LogP contribution < -0.4 is 15.5 Å². The molecular weight excluding hydrogens is 757 g/mol. The molecule has 0 spiro atoms. The zero-order valence-electron chi connectivity index (χ0n) is 33.8. The molecule has 0 saturated carbocycles. The number of hydrogen-bond donors (Lipinski definition) is 0.